The highest BCUT2D eigenvalue weighted by Gasteiger charge is 2.02. The first kappa shape index (κ1) is 5.41. The molecule has 0 bridgehead atoms. The Balaban J connectivity index is 2.23. The van der Waals surface area contributed by atoms with Gasteiger partial charge in [-0.05, 0) is 6.92 Å². The summed E-state index contributed by atoms with van der Waals surface area (Å²) in [7, 11) is 0. The van der Waals surface area contributed by atoms with Gasteiger partial charge in [0, 0.05) is 6.54 Å². The summed E-state index contributed by atoms with van der Waals surface area (Å²) in [5.41, 5.74) is 0. The van der Waals surface area contributed by atoms with Gasteiger partial charge in [-0.25, -0.2) is 4.99 Å². The molecule has 1 heterocycles. The first-order chi connectivity index (χ1) is 3.93. The summed E-state index contributed by atoms with van der Waals surface area (Å²) < 4.78 is 5.03. The minimum absolute atomic E-state index is 0.701. The van der Waals surface area contributed by atoms with Crippen molar-refractivity contribution in [1.82, 2.24) is 5.32 Å². The van der Waals surface area contributed by atoms with Crippen molar-refractivity contribution < 1.29 is 4.74 Å². The molecule has 0 atom stereocenters. The van der Waals surface area contributed by atoms with Crippen molar-refractivity contribution in [2.75, 3.05) is 19.7 Å². The monoisotopic (exact) mass is 114 g/mol. The van der Waals surface area contributed by atoms with Gasteiger partial charge in [0.2, 0.25) is 0 Å². The van der Waals surface area contributed by atoms with Crippen LogP contribution in [-0.2, 0) is 4.74 Å². The van der Waals surface area contributed by atoms with Crippen LogP contribution in [-0.4, -0.2) is 25.7 Å². The van der Waals surface area contributed by atoms with E-state index >= 15 is 0 Å². The predicted molar refractivity (Wildman–Crippen MR) is 31.9 cm³/mol. The number of nitrogens with one attached hydrogen (secondary N) is 1. The molecule has 0 radical (unpaired) electrons. The van der Waals surface area contributed by atoms with E-state index in [0.29, 0.717) is 6.02 Å². The van der Waals surface area contributed by atoms with Crippen LogP contribution in [0.1, 0.15) is 6.92 Å². The summed E-state index contributed by atoms with van der Waals surface area (Å²) >= 11 is 0. The maximum Gasteiger partial charge on any atom is 0.284 e. The normalized spacial score (nSPS) is 17.4. The summed E-state index contributed by atoms with van der Waals surface area (Å²) in [6.07, 6.45) is 0. The van der Waals surface area contributed by atoms with Gasteiger partial charge in [0.1, 0.15) is 6.61 Å². The standard InChI is InChI=1S/C5H10N2O/c1-2-6-5-7-3-4-8-5/h2-4H2,1H3,(H,6,7). The number of amidine groups is 1. The van der Waals surface area contributed by atoms with Gasteiger partial charge in [0.05, 0.1) is 6.54 Å². The van der Waals surface area contributed by atoms with Crippen LogP contribution < -0.4 is 5.32 Å². The quantitative estimate of drug-likeness (QED) is 0.520. The Bertz CT molecular complexity index is 101. The van der Waals surface area contributed by atoms with E-state index < -0.39 is 0 Å². The minimum atomic E-state index is 0.701. The molecule has 0 saturated carbocycles. The van der Waals surface area contributed by atoms with Crippen LogP contribution >= 0.6 is 0 Å². The number of aliphatic imine (C=N–C) groups is 1. The van der Waals surface area contributed by atoms with Gasteiger partial charge in [-0.3, -0.25) is 0 Å². The third-order valence-electron chi connectivity index (χ3n) is 0.913. The summed E-state index contributed by atoms with van der Waals surface area (Å²) in [6, 6.07) is 0.701. The van der Waals surface area contributed by atoms with Crippen LogP contribution in [0, 0.1) is 0 Å². The number of rotatable bonds is 1. The first-order valence-corrected chi connectivity index (χ1v) is 2.84. The lowest BCUT2D eigenvalue weighted by atomic mass is 10.7. The zero-order valence-electron chi connectivity index (χ0n) is 4.98. The van der Waals surface area contributed by atoms with Crippen molar-refractivity contribution in [3.8, 4) is 0 Å². The topological polar surface area (TPSA) is 33.6 Å². The second-order valence-corrected chi connectivity index (χ2v) is 1.57. The Labute approximate surface area is 48.8 Å². The molecular weight excluding hydrogens is 104 g/mol. The number of ether oxygens (including phenoxy) is 1. The Morgan fingerprint density at radius 1 is 1.88 bits per heavy atom. The van der Waals surface area contributed by atoms with Gasteiger partial charge in [0.15, 0.2) is 0 Å². The molecule has 0 spiro atoms. The molecule has 0 unspecified atom stereocenters. The second kappa shape index (κ2) is 2.55. The molecule has 1 rings (SSSR count). The van der Waals surface area contributed by atoms with Gasteiger partial charge >= 0.3 is 0 Å². The summed E-state index contributed by atoms with van der Waals surface area (Å²) in [4.78, 5) is 4.01. The zero-order chi connectivity index (χ0) is 5.82. The van der Waals surface area contributed by atoms with E-state index in [0.717, 1.165) is 19.7 Å². The third-order valence-corrected chi connectivity index (χ3v) is 0.913. The smallest absolute Gasteiger partial charge is 0.284 e. The van der Waals surface area contributed by atoms with E-state index in [2.05, 4.69) is 10.3 Å². The Morgan fingerprint density at radius 3 is 3.25 bits per heavy atom. The van der Waals surface area contributed by atoms with Crippen LogP contribution in [0.4, 0.5) is 0 Å². The molecule has 1 N–H and O–H groups in total. The minimum Gasteiger partial charge on any atom is -0.463 e. The number of hydrogen-bond donors (Lipinski definition) is 1. The summed E-state index contributed by atoms with van der Waals surface area (Å²) in [5.74, 6) is 0. The van der Waals surface area contributed by atoms with Crippen LogP contribution in [0.25, 0.3) is 0 Å². The fourth-order valence-corrected chi connectivity index (χ4v) is 0.593. The molecule has 3 nitrogen and oxygen atoms in total. The van der Waals surface area contributed by atoms with Gasteiger partial charge in [-0.15, -0.1) is 0 Å². The lowest BCUT2D eigenvalue weighted by Crippen LogP contribution is -2.22. The third kappa shape index (κ3) is 1.12. The maximum atomic E-state index is 5.03. The molecule has 3 heteroatoms. The Hall–Kier alpha value is -0.730. The SMILES string of the molecule is CCNC1=NCCO1. The summed E-state index contributed by atoms with van der Waals surface area (Å²) in [6.45, 7) is 4.45. The van der Waals surface area contributed by atoms with Gasteiger partial charge in [-0.1, -0.05) is 0 Å². The van der Waals surface area contributed by atoms with Crippen molar-refractivity contribution in [3.63, 3.8) is 0 Å². The molecular formula is C5H10N2O. The van der Waals surface area contributed by atoms with Gasteiger partial charge in [-0.2, -0.15) is 0 Å². The van der Waals surface area contributed by atoms with Crippen LogP contribution in [0.5, 0.6) is 0 Å². The van der Waals surface area contributed by atoms with Crippen LogP contribution in [0.2, 0.25) is 0 Å². The van der Waals surface area contributed by atoms with Crippen molar-refractivity contribution >= 4 is 6.02 Å². The predicted octanol–water partition coefficient (Wildman–Crippen LogP) is -0.0179. The van der Waals surface area contributed by atoms with Crippen LogP contribution in [0.15, 0.2) is 4.99 Å². The Morgan fingerprint density at radius 2 is 2.75 bits per heavy atom. The molecule has 0 aromatic rings. The molecule has 1 aliphatic rings. The lowest BCUT2D eigenvalue weighted by molar-refractivity contribution is 0.332. The average molecular weight is 114 g/mol. The van der Waals surface area contributed by atoms with Crippen molar-refractivity contribution in [2.24, 2.45) is 4.99 Å². The lowest BCUT2D eigenvalue weighted by Gasteiger charge is -1.99. The van der Waals surface area contributed by atoms with Gasteiger partial charge < -0.3 is 10.1 Å². The highest BCUT2D eigenvalue weighted by molar-refractivity contribution is 5.74. The largest absolute Gasteiger partial charge is 0.463 e. The first-order valence-electron chi connectivity index (χ1n) is 2.84. The molecule has 0 amide bonds. The van der Waals surface area contributed by atoms with Gasteiger partial charge in [0.25, 0.3) is 6.02 Å². The van der Waals surface area contributed by atoms with E-state index in [9.17, 15) is 0 Å². The number of nitrogens with zero attached hydrogens (tertiary/aromatic N) is 1. The molecule has 8 heavy (non-hydrogen) atoms. The molecule has 0 aliphatic carbocycles. The van der Waals surface area contributed by atoms with Crippen molar-refractivity contribution in [3.05, 3.63) is 0 Å². The number of hydrogen-bond acceptors (Lipinski definition) is 3. The van der Waals surface area contributed by atoms with E-state index in [1.54, 1.807) is 0 Å². The average Bonchev–Trinajstić information content (AvgIpc) is 2.19. The van der Waals surface area contributed by atoms with E-state index in [4.69, 9.17) is 4.74 Å². The molecule has 0 aromatic carbocycles. The molecule has 0 aromatic heterocycles. The Kier molecular flexibility index (Phi) is 1.72. The highest BCUT2D eigenvalue weighted by atomic mass is 16.5. The fourth-order valence-electron chi connectivity index (χ4n) is 0.593. The maximum absolute atomic E-state index is 5.03. The summed E-state index contributed by atoms with van der Waals surface area (Å²) in [5, 5.41) is 2.97. The molecule has 1 aliphatic heterocycles. The van der Waals surface area contributed by atoms with Crippen molar-refractivity contribution in [1.29, 1.82) is 0 Å². The van der Waals surface area contributed by atoms with E-state index in [-0.39, 0.29) is 0 Å². The highest BCUT2D eigenvalue weighted by Crippen LogP contribution is 1.88. The van der Waals surface area contributed by atoms with E-state index in [1.165, 1.54) is 0 Å². The van der Waals surface area contributed by atoms with Crippen LogP contribution in [0.3, 0.4) is 0 Å². The molecule has 0 saturated heterocycles. The fraction of sp³-hybridized carbons (Fsp3) is 0.800. The van der Waals surface area contributed by atoms with Crippen molar-refractivity contribution in [2.45, 2.75) is 6.92 Å². The second-order valence-electron chi connectivity index (χ2n) is 1.57. The molecule has 46 valence electrons. The molecule has 0 fully saturated rings. The zero-order valence-corrected chi connectivity index (χ0v) is 4.98. The van der Waals surface area contributed by atoms with E-state index in [1.807, 2.05) is 6.92 Å².